The zero-order valence-corrected chi connectivity index (χ0v) is 17.7. The van der Waals surface area contributed by atoms with E-state index >= 15 is 0 Å². The molecule has 0 aliphatic heterocycles. The van der Waals surface area contributed by atoms with Gasteiger partial charge in [0.1, 0.15) is 7.85 Å². The van der Waals surface area contributed by atoms with Gasteiger partial charge in [-0.1, -0.05) is 116 Å². The first-order chi connectivity index (χ1) is 11.3. The minimum atomic E-state index is 0.0563. The van der Waals surface area contributed by atoms with Crippen molar-refractivity contribution in [1.29, 1.82) is 0 Å². The summed E-state index contributed by atoms with van der Waals surface area (Å²) in [5.41, 5.74) is 4.44. The SMILES string of the molecule is BC1=C(C2=CC=CC(C)(C(C)(C)C)C=C2)C=CC(C)(C(C)(C)C)C=C1. The molecule has 0 aromatic carbocycles. The maximum absolute atomic E-state index is 2.38. The summed E-state index contributed by atoms with van der Waals surface area (Å²) in [5.74, 6) is 0. The molecular weight excluding hydrogens is 299 g/mol. The lowest BCUT2D eigenvalue weighted by molar-refractivity contribution is 0.228. The van der Waals surface area contributed by atoms with Crippen LogP contribution >= 0.6 is 0 Å². The van der Waals surface area contributed by atoms with Gasteiger partial charge in [-0.2, -0.15) is 0 Å². The summed E-state index contributed by atoms with van der Waals surface area (Å²) in [6.07, 6.45) is 20.9. The molecule has 0 saturated carbocycles. The second-order valence-electron chi connectivity index (χ2n) is 10.1. The molecule has 0 aromatic heterocycles. The molecule has 2 atom stereocenters. The van der Waals surface area contributed by atoms with Crippen molar-refractivity contribution < 1.29 is 0 Å². The average Bonchev–Trinajstić information content (AvgIpc) is 2.75. The van der Waals surface area contributed by atoms with Gasteiger partial charge in [0.2, 0.25) is 0 Å². The minimum absolute atomic E-state index is 0.0563. The van der Waals surface area contributed by atoms with E-state index in [2.05, 4.69) is 118 Å². The van der Waals surface area contributed by atoms with Crippen LogP contribution in [0.1, 0.15) is 55.4 Å². The lowest BCUT2D eigenvalue weighted by atomic mass is 9.67. The summed E-state index contributed by atoms with van der Waals surface area (Å²) >= 11 is 0. The van der Waals surface area contributed by atoms with Crippen molar-refractivity contribution in [2.24, 2.45) is 21.7 Å². The third kappa shape index (κ3) is 3.86. The molecule has 2 aliphatic carbocycles. The van der Waals surface area contributed by atoms with E-state index in [1.54, 1.807) is 0 Å². The molecule has 2 aliphatic rings. The molecule has 0 fully saturated rings. The Labute approximate surface area is 156 Å². The molecule has 0 saturated heterocycles. The second kappa shape index (κ2) is 6.34. The van der Waals surface area contributed by atoms with Gasteiger partial charge in [-0.25, -0.2) is 0 Å². The van der Waals surface area contributed by atoms with Crippen LogP contribution in [0.5, 0.6) is 0 Å². The van der Waals surface area contributed by atoms with Crippen LogP contribution in [0, 0.1) is 21.7 Å². The molecule has 2 unspecified atom stereocenters. The maximum Gasteiger partial charge on any atom is 0.140 e. The van der Waals surface area contributed by atoms with E-state index in [-0.39, 0.29) is 21.7 Å². The Hall–Kier alpha value is -1.50. The Morgan fingerprint density at radius 1 is 0.720 bits per heavy atom. The molecule has 25 heavy (non-hydrogen) atoms. The first kappa shape index (κ1) is 19.8. The molecule has 0 amide bonds. The van der Waals surface area contributed by atoms with Crippen molar-refractivity contribution in [2.45, 2.75) is 55.4 Å². The van der Waals surface area contributed by atoms with E-state index < -0.39 is 0 Å². The topological polar surface area (TPSA) is 0 Å². The first-order valence-electron chi connectivity index (χ1n) is 9.48. The van der Waals surface area contributed by atoms with Crippen LogP contribution in [0.15, 0.2) is 71.3 Å². The third-order valence-corrected chi connectivity index (χ3v) is 6.57. The van der Waals surface area contributed by atoms with E-state index in [4.69, 9.17) is 0 Å². The molecule has 1 heteroatoms. The van der Waals surface area contributed by atoms with E-state index in [0.29, 0.717) is 0 Å². The Balaban J connectivity index is 2.42. The predicted molar refractivity (Wildman–Crippen MR) is 115 cm³/mol. The van der Waals surface area contributed by atoms with Gasteiger partial charge in [-0.3, -0.25) is 0 Å². The summed E-state index contributed by atoms with van der Waals surface area (Å²) in [6.45, 7) is 18.5. The highest BCUT2D eigenvalue weighted by atomic mass is 14.4. The van der Waals surface area contributed by atoms with Crippen LogP contribution in [0.25, 0.3) is 0 Å². The summed E-state index contributed by atoms with van der Waals surface area (Å²) in [4.78, 5) is 0. The monoisotopic (exact) mass is 334 g/mol. The summed E-state index contributed by atoms with van der Waals surface area (Å²) in [5, 5.41) is 0. The van der Waals surface area contributed by atoms with E-state index in [1.807, 2.05) is 0 Å². The highest BCUT2D eigenvalue weighted by Gasteiger charge is 2.34. The Kier molecular flexibility index (Phi) is 5.03. The van der Waals surface area contributed by atoms with Crippen molar-refractivity contribution in [2.75, 3.05) is 0 Å². The number of allylic oxidation sites excluding steroid dienone is 12. The molecule has 0 bridgehead atoms. The highest BCUT2D eigenvalue weighted by Crippen LogP contribution is 2.44. The van der Waals surface area contributed by atoms with Crippen LogP contribution in [-0.4, -0.2) is 7.85 Å². The van der Waals surface area contributed by atoms with Gasteiger partial charge in [0, 0.05) is 10.8 Å². The molecule has 0 spiro atoms. The van der Waals surface area contributed by atoms with Crippen molar-refractivity contribution in [1.82, 2.24) is 0 Å². The highest BCUT2D eigenvalue weighted by molar-refractivity contribution is 6.24. The van der Waals surface area contributed by atoms with Crippen molar-refractivity contribution in [3.8, 4) is 0 Å². The van der Waals surface area contributed by atoms with Gasteiger partial charge in [0.15, 0.2) is 0 Å². The second-order valence-corrected chi connectivity index (χ2v) is 10.1. The fourth-order valence-electron chi connectivity index (χ4n) is 3.06. The molecular formula is C24H35B. The zero-order chi connectivity index (χ0) is 19.1. The van der Waals surface area contributed by atoms with Gasteiger partial charge in [-0.15, -0.1) is 0 Å². The molecule has 0 heterocycles. The Morgan fingerprint density at radius 3 is 1.76 bits per heavy atom. The third-order valence-electron chi connectivity index (χ3n) is 6.57. The molecule has 0 N–H and O–H groups in total. The van der Waals surface area contributed by atoms with E-state index in [1.165, 1.54) is 16.6 Å². The largest absolute Gasteiger partial charge is 0.140 e. The van der Waals surface area contributed by atoms with Crippen molar-refractivity contribution >= 4 is 7.85 Å². The van der Waals surface area contributed by atoms with Crippen molar-refractivity contribution in [3.05, 3.63) is 71.3 Å². The normalized spacial score (nSPS) is 30.3. The standard InChI is InChI=1S/C24H35B/c1-21(2,3)23(7)14-9-10-18(11-15-23)19-12-16-24(8,22(4,5)6)17-13-20(19)25/h9-17H,25H2,1-8H3. The number of hydrogen-bond acceptors (Lipinski definition) is 0. The lowest BCUT2D eigenvalue weighted by Gasteiger charge is -2.37. The fraction of sp³-hybridized carbons (Fsp3) is 0.500. The van der Waals surface area contributed by atoms with Crippen LogP contribution < -0.4 is 0 Å². The predicted octanol–water partition coefficient (Wildman–Crippen LogP) is 6.16. The van der Waals surface area contributed by atoms with Crippen molar-refractivity contribution in [3.63, 3.8) is 0 Å². The summed E-state index contributed by atoms with van der Waals surface area (Å²) in [6, 6.07) is 0. The summed E-state index contributed by atoms with van der Waals surface area (Å²) in [7, 11) is 2.22. The van der Waals surface area contributed by atoms with E-state index in [0.717, 1.165) is 0 Å². The number of hydrogen-bond donors (Lipinski definition) is 0. The van der Waals surface area contributed by atoms with Gasteiger partial charge >= 0.3 is 0 Å². The maximum atomic E-state index is 2.38. The fourth-order valence-corrected chi connectivity index (χ4v) is 3.06. The molecule has 0 nitrogen and oxygen atoms in total. The van der Waals surface area contributed by atoms with Crippen LogP contribution in [0.4, 0.5) is 0 Å². The van der Waals surface area contributed by atoms with Crippen LogP contribution in [0.2, 0.25) is 0 Å². The quantitative estimate of drug-likeness (QED) is 0.504. The molecule has 0 aromatic rings. The first-order valence-corrected chi connectivity index (χ1v) is 9.48. The molecule has 134 valence electrons. The molecule has 2 rings (SSSR count). The van der Waals surface area contributed by atoms with Gasteiger partial charge in [0.25, 0.3) is 0 Å². The van der Waals surface area contributed by atoms with E-state index in [9.17, 15) is 0 Å². The van der Waals surface area contributed by atoms with Crippen LogP contribution in [-0.2, 0) is 0 Å². The minimum Gasteiger partial charge on any atom is -0.0816 e. The summed E-state index contributed by atoms with van der Waals surface area (Å²) < 4.78 is 0. The van der Waals surface area contributed by atoms with Gasteiger partial charge in [0.05, 0.1) is 0 Å². The smallest absolute Gasteiger partial charge is 0.0816 e. The average molecular weight is 334 g/mol. The van der Waals surface area contributed by atoms with Gasteiger partial charge < -0.3 is 0 Å². The zero-order valence-electron chi connectivity index (χ0n) is 17.7. The molecule has 0 radical (unpaired) electrons. The number of rotatable bonds is 1. The Morgan fingerprint density at radius 2 is 1.20 bits per heavy atom. The van der Waals surface area contributed by atoms with Gasteiger partial charge in [-0.05, 0) is 22.0 Å². The Bertz CT molecular complexity index is 710. The van der Waals surface area contributed by atoms with Crippen LogP contribution in [0.3, 0.4) is 0 Å². The lowest BCUT2D eigenvalue weighted by Crippen LogP contribution is -2.28.